The van der Waals surface area contributed by atoms with Crippen LogP contribution in [0.3, 0.4) is 0 Å². The Morgan fingerprint density at radius 3 is 2.74 bits per heavy atom. The molecule has 0 aromatic carbocycles. The van der Waals surface area contributed by atoms with Crippen molar-refractivity contribution in [2.45, 2.75) is 59.4 Å². The number of aldehydes is 1. The number of hydrogen-bond donors (Lipinski definition) is 2. The molecule has 1 aromatic rings. The van der Waals surface area contributed by atoms with Crippen LogP contribution in [0.4, 0.5) is 0 Å². The summed E-state index contributed by atoms with van der Waals surface area (Å²) >= 11 is 0. The number of hydrogen-bond acceptors (Lipinski definition) is 6. The Morgan fingerprint density at radius 1 is 1.30 bits per heavy atom. The third-order valence-corrected chi connectivity index (χ3v) is 4.67. The highest BCUT2D eigenvalue weighted by Crippen LogP contribution is 2.34. The van der Waals surface area contributed by atoms with Gasteiger partial charge in [-0.1, -0.05) is 13.8 Å². The average Bonchev–Trinajstić information content (AvgIpc) is 3.18. The number of nitrogens with one attached hydrogen (secondary N) is 1. The highest BCUT2D eigenvalue weighted by atomic mass is 16.5. The van der Waals surface area contributed by atoms with Gasteiger partial charge in [0.25, 0.3) is 0 Å². The maximum absolute atomic E-state index is 11.2. The van der Waals surface area contributed by atoms with E-state index < -0.39 is 0 Å². The number of pyridine rings is 1. The molecule has 0 saturated heterocycles. The molecule has 1 aliphatic heterocycles. The predicted molar refractivity (Wildman–Crippen MR) is 107 cm³/mol. The molecular formula is C21H31N3O3. The number of rotatable bonds is 6. The third-order valence-electron chi connectivity index (χ3n) is 4.67. The first kappa shape index (κ1) is 21.0. The second kappa shape index (κ2) is 10.1. The fourth-order valence-electron chi connectivity index (χ4n) is 3.43. The van der Waals surface area contributed by atoms with Gasteiger partial charge in [-0.15, -0.1) is 0 Å². The molecule has 1 aromatic heterocycles. The molecular weight excluding hydrogens is 342 g/mol. The summed E-state index contributed by atoms with van der Waals surface area (Å²) < 4.78 is 5.86. The molecule has 0 atom stereocenters. The van der Waals surface area contributed by atoms with Gasteiger partial charge in [-0.05, 0) is 56.8 Å². The fraction of sp³-hybridized carbons (Fsp3) is 0.524. The van der Waals surface area contributed by atoms with Crippen LogP contribution in [-0.2, 0) is 0 Å². The minimum absolute atomic E-state index is 0.151. The Kier molecular flexibility index (Phi) is 7.85. The van der Waals surface area contributed by atoms with Crippen molar-refractivity contribution >= 4 is 6.29 Å². The van der Waals surface area contributed by atoms with Crippen LogP contribution in [0.15, 0.2) is 35.3 Å². The molecule has 6 heteroatoms. The Labute approximate surface area is 161 Å². The monoisotopic (exact) mass is 373 g/mol. The van der Waals surface area contributed by atoms with Crippen LogP contribution in [0.5, 0.6) is 11.5 Å². The Morgan fingerprint density at radius 2 is 2.04 bits per heavy atom. The summed E-state index contributed by atoms with van der Waals surface area (Å²) in [7, 11) is 0. The number of allylic oxidation sites excluding steroid dienone is 1. The van der Waals surface area contributed by atoms with Crippen molar-refractivity contribution in [3.8, 4) is 11.5 Å². The lowest BCUT2D eigenvalue weighted by molar-refractivity contribution is 0.111. The van der Waals surface area contributed by atoms with Crippen molar-refractivity contribution in [2.75, 3.05) is 13.2 Å². The number of hydrazine groups is 1. The number of carbonyl (C=O) groups excluding carboxylic acids is 1. The van der Waals surface area contributed by atoms with Crippen LogP contribution in [0.25, 0.3) is 0 Å². The number of carbonyl (C=O) groups is 1. The topological polar surface area (TPSA) is 74.7 Å². The molecule has 6 nitrogen and oxygen atoms in total. The molecule has 148 valence electrons. The summed E-state index contributed by atoms with van der Waals surface area (Å²) in [6.07, 6.45) is 9.90. The van der Waals surface area contributed by atoms with Gasteiger partial charge in [0.15, 0.2) is 12.0 Å². The van der Waals surface area contributed by atoms with E-state index in [-0.39, 0.29) is 11.3 Å². The van der Waals surface area contributed by atoms with E-state index in [1.165, 1.54) is 35.7 Å². The largest absolute Gasteiger partial charge is 0.505 e. The van der Waals surface area contributed by atoms with Crippen LogP contribution >= 0.6 is 0 Å². The number of nitrogens with zero attached hydrogens (tertiary/aromatic N) is 2. The molecule has 0 fully saturated rings. The molecule has 0 radical (unpaired) electrons. The zero-order valence-electron chi connectivity index (χ0n) is 16.8. The average molecular weight is 373 g/mol. The molecule has 0 unspecified atom stereocenters. The molecule has 2 aliphatic rings. The molecule has 1 aliphatic carbocycles. The second-order valence-corrected chi connectivity index (χ2v) is 6.68. The van der Waals surface area contributed by atoms with E-state index in [2.05, 4.69) is 35.3 Å². The zero-order valence-corrected chi connectivity index (χ0v) is 16.8. The lowest BCUT2D eigenvalue weighted by atomic mass is 9.89. The third kappa shape index (κ3) is 4.89. The summed E-state index contributed by atoms with van der Waals surface area (Å²) in [5.74, 6) is 0.172. The van der Waals surface area contributed by atoms with E-state index in [9.17, 15) is 9.90 Å². The Balaban J connectivity index is 0.00000126. The van der Waals surface area contributed by atoms with Crippen LogP contribution in [0.1, 0.15) is 63.7 Å². The van der Waals surface area contributed by atoms with Gasteiger partial charge in [-0.3, -0.25) is 9.78 Å². The molecule has 0 bridgehead atoms. The maximum atomic E-state index is 11.2. The fourth-order valence-corrected chi connectivity index (χ4v) is 3.43. The molecule has 3 rings (SSSR count). The molecule has 2 N–H and O–H groups in total. The minimum atomic E-state index is -0.154. The molecule has 0 amide bonds. The van der Waals surface area contributed by atoms with Crippen molar-refractivity contribution in [3.63, 3.8) is 0 Å². The van der Waals surface area contributed by atoms with Crippen molar-refractivity contribution in [1.29, 1.82) is 0 Å². The van der Waals surface area contributed by atoms with Gasteiger partial charge < -0.3 is 14.9 Å². The van der Waals surface area contributed by atoms with Crippen LogP contribution in [0.2, 0.25) is 0 Å². The molecule has 0 spiro atoms. The predicted octanol–water partition coefficient (Wildman–Crippen LogP) is 3.99. The lowest BCUT2D eigenvalue weighted by Crippen LogP contribution is -2.38. The summed E-state index contributed by atoms with van der Waals surface area (Å²) in [6.45, 7) is 9.59. The maximum Gasteiger partial charge on any atom is 0.157 e. The molecule has 0 saturated carbocycles. The first-order valence-electron chi connectivity index (χ1n) is 9.81. The quantitative estimate of drug-likeness (QED) is 0.735. The Bertz CT molecular complexity index is 711. The van der Waals surface area contributed by atoms with E-state index >= 15 is 0 Å². The van der Waals surface area contributed by atoms with E-state index in [1.54, 1.807) is 0 Å². The van der Waals surface area contributed by atoms with Gasteiger partial charge in [0.05, 0.1) is 18.1 Å². The summed E-state index contributed by atoms with van der Waals surface area (Å²) in [6, 6.07) is 0.377. The van der Waals surface area contributed by atoms with Crippen molar-refractivity contribution in [1.82, 2.24) is 15.4 Å². The molecule has 2 heterocycles. The van der Waals surface area contributed by atoms with E-state index in [0.717, 1.165) is 25.8 Å². The summed E-state index contributed by atoms with van der Waals surface area (Å²) in [4.78, 5) is 15.1. The Hall–Kier alpha value is -2.34. The van der Waals surface area contributed by atoms with E-state index in [4.69, 9.17) is 4.74 Å². The minimum Gasteiger partial charge on any atom is -0.505 e. The standard InChI is InChI=1S/C19H25N3O3.C2H6/c1-13(2)22-17(7-8-21-22)15-6-4-3-5-14(15)12-25-19-10-20-9-18(24)16(19)11-23;1-2/h7,9-11,13,21,24H,3-6,8,12H2,1-2H3;1-2H3. The van der Waals surface area contributed by atoms with Gasteiger partial charge in [0, 0.05) is 12.6 Å². The van der Waals surface area contributed by atoms with Gasteiger partial charge in [0.1, 0.15) is 17.9 Å². The van der Waals surface area contributed by atoms with Crippen molar-refractivity contribution < 1.29 is 14.6 Å². The van der Waals surface area contributed by atoms with Crippen molar-refractivity contribution in [2.24, 2.45) is 0 Å². The summed E-state index contributed by atoms with van der Waals surface area (Å²) in [5.41, 5.74) is 7.39. The lowest BCUT2D eigenvalue weighted by Gasteiger charge is -2.31. The number of ether oxygens (including phenoxy) is 1. The van der Waals surface area contributed by atoms with Crippen LogP contribution < -0.4 is 10.2 Å². The van der Waals surface area contributed by atoms with Crippen LogP contribution in [-0.4, -0.2) is 40.6 Å². The van der Waals surface area contributed by atoms with Gasteiger partial charge in [-0.2, -0.15) is 0 Å². The second-order valence-electron chi connectivity index (χ2n) is 6.68. The van der Waals surface area contributed by atoms with Crippen LogP contribution in [0, 0.1) is 0 Å². The molecule has 27 heavy (non-hydrogen) atoms. The van der Waals surface area contributed by atoms with E-state index in [1.807, 2.05) is 13.8 Å². The van der Waals surface area contributed by atoms with Crippen molar-refractivity contribution in [3.05, 3.63) is 40.9 Å². The van der Waals surface area contributed by atoms with E-state index in [0.29, 0.717) is 24.7 Å². The normalized spacial score (nSPS) is 16.8. The van der Waals surface area contributed by atoms with Gasteiger partial charge in [0.2, 0.25) is 0 Å². The smallest absolute Gasteiger partial charge is 0.157 e. The highest BCUT2D eigenvalue weighted by molar-refractivity contribution is 5.82. The first-order chi connectivity index (χ1) is 13.1. The zero-order chi connectivity index (χ0) is 19.8. The van der Waals surface area contributed by atoms with Gasteiger partial charge in [-0.25, -0.2) is 5.43 Å². The van der Waals surface area contributed by atoms with Gasteiger partial charge >= 0.3 is 0 Å². The summed E-state index contributed by atoms with van der Waals surface area (Å²) in [5, 5.41) is 12.0. The first-order valence-corrected chi connectivity index (χ1v) is 9.81. The highest BCUT2D eigenvalue weighted by Gasteiger charge is 2.25. The number of aromatic hydroxyl groups is 1. The number of aromatic nitrogens is 1. The SMILES string of the molecule is CC.CC(C)N1NCC=C1C1=C(COc2cncc(O)c2C=O)CCCC1.